The van der Waals surface area contributed by atoms with E-state index in [4.69, 9.17) is 4.74 Å². The van der Waals surface area contributed by atoms with Crippen LogP contribution < -0.4 is 14.5 Å². The van der Waals surface area contributed by atoms with Crippen molar-refractivity contribution >= 4 is 44.9 Å². The van der Waals surface area contributed by atoms with Crippen LogP contribution in [0.3, 0.4) is 0 Å². The average Bonchev–Trinajstić information content (AvgIpc) is 3.26. The van der Waals surface area contributed by atoms with Gasteiger partial charge in [0.15, 0.2) is 0 Å². The Kier molecular flexibility index (Phi) is 8.16. The van der Waals surface area contributed by atoms with E-state index in [-0.39, 0.29) is 0 Å². The highest BCUT2D eigenvalue weighted by Gasteiger charge is 2.25. The average molecular weight is 705 g/mol. The maximum absolute atomic E-state index is 6.87. The summed E-state index contributed by atoms with van der Waals surface area (Å²) in [5.74, 6) is 1.69. The van der Waals surface area contributed by atoms with Crippen LogP contribution in [0.2, 0.25) is 0 Å². The quantitative estimate of drug-likeness (QED) is 0.157. The van der Waals surface area contributed by atoms with Crippen LogP contribution in [0.15, 0.2) is 218 Å². The van der Waals surface area contributed by atoms with E-state index in [1.54, 1.807) is 0 Å². The number of ether oxygens (including phenoxy) is 1. The maximum Gasteiger partial charge on any atom is 0.137 e. The van der Waals surface area contributed by atoms with Crippen molar-refractivity contribution in [1.82, 2.24) is 0 Å². The first kappa shape index (κ1) is 32.3. The monoisotopic (exact) mass is 704 g/mol. The van der Waals surface area contributed by atoms with Gasteiger partial charge in [-0.15, -0.1) is 0 Å². The van der Waals surface area contributed by atoms with E-state index in [2.05, 4.69) is 228 Å². The molecule has 55 heavy (non-hydrogen) atoms. The standard InChI is InChI=1S/C52H36N2O/c1-5-14-37(15-6-1)39-24-28-43(29-25-39)53(44-30-26-40(27-31-44)38-16-7-2-8-17-38)45-32-33-46-47-34-35-49(48-22-13-23-50(52(47)48)55-51(46)36-45)54(41-18-9-3-10-19-41)42-20-11-4-12-21-42/h1-36H. The highest BCUT2D eigenvalue weighted by atomic mass is 16.5. The Morgan fingerprint density at radius 3 is 1.29 bits per heavy atom. The number of nitrogens with zero attached hydrogens (tertiary/aromatic N) is 2. The summed E-state index contributed by atoms with van der Waals surface area (Å²) < 4.78 is 6.87. The summed E-state index contributed by atoms with van der Waals surface area (Å²) in [6, 6.07) is 77.3. The van der Waals surface area contributed by atoms with E-state index in [1.165, 1.54) is 22.3 Å². The molecule has 0 bridgehead atoms. The van der Waals surface area contributed by atoms with Crippen LogP contribution >= 0.6 is 0 Å². The molecule has 10 rings (SSSR count). The highest BCUT2D eigenvalue weighted by molar-refractivity contribution is 6.11. The lowest BCUT2D eigenvalue weighted by atomic mass is 9.93. The molecule has 0 unspecified atom stereocenters. The molecule has 0 atom stereocenters. The molecule has 0 spiro atoms. The third-order valence-corrected chi connectivity index (χ3v) is 10.4. The molecule has 0 fully saturated rings. The number of rotatable bonds is 8. The van der Waals surface area contributed by atoms with Crippen molar-refractivity contribution in [3.05, 3.63) is 218 Å². The zero-order chi connectivity index (χ0) is 36.6. The third kappa shape index (κ3) is 5.98. The molecule has 0 amide bonds. The molecule has 3 heteroatoms. The van der Waals surface area contributed by atoms with Crippen molar-refractivity contribution in [2.24, 2.45) is 0 Å². The molecule has 0 saturated heterocycles. The molecule has 1 aliphatic heterocycles. The summed E-state index contributed by atoms with van der Waals surface area (Å²) in [4.78, 5) is 4.63. The first-order valence-corrected chi connectivity index (χ1v) is 18.7. The second-order valence-electron chi connectivity index (χ2n) is 13.8. The lowest BCUT2D eigenvalue weighted by Gasteiger charge is -2.30. The maximum atomic E-state index is 6.87. The van der Waals surface area contributed by atoms with Gasteiger partial charge in [-0.3, -0.25) is 0 Å². The predicted octanol–water partition coefficient (Wildman–Crippen LogP) is 14.9. The Morgan fingerprint density at radius 2 is 0.745 bits per heavy atom. The summed E-state index contributed by atoms with van der Waals surface area (Å²) >= 11 is 0. The Labute approximate surface area is 321 Å². The molecule has 260 valence electrons. The van der Waals surface area contributed by atoms with E-state index in [0.717, 1.165) is 67.5 Å². The molecule has 1 heterocycles. The first-order chi connectivity index (χ1) is 27.3. The summed E-state index contributed by atoms with van der Waals surface area (Å²) in [6.45, 7) is 0. The minimum absolute atomic E-state index is 0.833. The summed E-state index contributed by atoms with van der Waals surface area (Å²) in [5, 5.41) is 2.25. The van der Waals surface area contributed by atoms with Crippen molar-refractivity contribution in [3.63, 3.8) is 0 Å². The van der Waals surface area contributed by atoms with Crippen LogP contribution in [-0.4, -0.2) is 0 Å². The second kappa shape index (κ2) is 13.9. The van der Waals surface area contributed by atoms with Crippen molar-refractivity contribution in [2.75, 3.05) is 9.80 Å². The zero-order valence-electron chi connectivity index (χ0n) is 30.1. The minimum atomic E-state index is 0.833. The molecule has 0 N–H and O–H groups in total. The lowest BCUT2D eigenvalue weighted by Crippen LogP contribution is -2.11. The van der Waals surface area contributed by atoms with Gasteiger partial charge in [0.1, 0.15) is 11.5 Å². The Bertz CT molecular complexity index is 2630. The van der Waals surface area contributed by atoms with Gasteiger partial charge >= 0.3 is 0 Å². The van der Waals surface area contributed by atoms with Gasteiger partial charge < -0.3 is 14.5 Å². The van der Waals surface area contributed by atoms with Crippen LogP contribution in [0.25, 0.3) is 44.2 Å². The lowest BCUT2D eigenvalue weighted by molar-refractivity contribution is 0.487. The van der Waals surface area contributed by atoms with E-state index in [0.29, 0.717) is 0 Å². The molecule has 0 radical (unpaired) electrons. The number of hydrogen-bond donors (Lipinski definition) is 0. The van der Waals surface area contributed by atoms with Crippen LogP contribution in [0.4, 0.5) is 34.1 Å². The summed E-state index contributed by atoms with van der Waals surface area (Å²) in [7, 11) is 0. The molecule has 0 saturated carbocycles. The molecule has 9 aromatic carbocycles. The van der Waals surface area contributed by atoms with Crippen LogP contribution in [-0.2, 0) is 0 Å². The number of para-hydroxylation sites is 2. The summed E-state index contributed by atoms with van der Waals surface area (Å²) in [5.41, 5.74) is 13.4. The smallest absolute Gasteiger partial charge is 0.137 e. The normalized spacial score (nSPS) is 11.4. The first-order valence-electron chi connectivity index (χ1n) is 18.7. The largest absolute Gasteiger partial charge is 0.456 e. The van der Waals surface area contributed by atoms with E-state index < -0.39 is 0 Å². The predicted molar refractivity (Wildman–Crippen MR) is 230 cm³/mol. The Morgan fingerprint density at radius 1 is 0.291 bits per heavy atom. The molecular formula is C52H36N2O. The van der Waals surface area contributed by atoms with E-state index in [9.17, 15) is 0 Å². The molecule has 0 aromatic heterocycles. The van der Waals surface area contributed by atoms with Gasteiger partial charge in [-0.1, -0.05) is 140 Å². The molecule has 3 nitrogen and oxygen atoms in total. The van der Waals surface area contributed by atoms with Gasteiger partial charge in [0.2, 0.25) is 0 Å². The summed E-state index contributed by atoms with van der Waals surface area (Å²) in [6.07, 6.45) is 0. The molecule has 0 aliphatic carbocycles. The molecular weight excluding hydrogens is 669 g/mol. The molecule has 9 aromatic rings. The minimum Gasteiger partial charge on any atom is -0.456 e. The molecule has 1 aliphatic rings. The number of anilines is 6. The highest BCUT2D eigenvalue weighted by Crippen LogP contribution is 2.52. The number of hydrogen-bond acceptors (Lipinski definition) is 3. The van der Waals surface area contributed by atoms with Gasteiger partial charge in [0.25, 0.3) is 0 Å². The van der Waals surface area contributed by atoms with Crippen LogP contribution in [0.1, 0.15) is 0 Å². The van der Waals surface area contributed by atoms with Crippen LogP contribution in [0.5, 0.6) is 11.5 Å². The van der Waals surface area contributed by atoms with Gasteiger partial charge in [-0.25, -0.2) is 0 Å². The van der Waals surface area contributed by atoms with Gasteiger partial charge in [0.05, 0.1) is 5.69 Å². The number of fused-ring (bicyclic) bond motifs is 2. The van der Waals surface area contributed by atoms with Crippen molar-refractivity contribution in [2.45, 2.75) is 0 Å². The Balaban J connectivity index is 1.08. The zero-order valence-corrected chi connectivity index (χ0v) is 30.1. The van der Waals surface area contributed by atoms with Crippen molar-refractivity contribution in [1.29, 1.82) is 0 Å². The van der Waals surface area contributed by atoms with Gasteiger partial charge in [-0.2, -0.15) is 0 Å². The second-order valence-corrected chi connectivity index (χ2v) is 13.8. The van der Waals surface area contributed by atoms with Gasteiger partial charge in [-0.05, 0) is 101 Å². The SMILES string of the molecule is c1ccc(-c2ccc(N(c3ccc(-c4ccccc4)cc3)c3ccc4c(c3)Oc3cccc5c(N(c6ccccc6)c6ccccc6)ccc-4c35)cc2)cc1. The third-order valence-electron chi connectivity index (χ3n) is 10.4. The Hall–Kier alpha value is -7.36. The fraction of sp³-hybridized carbons (Fsp3) is 0. The fourth-order valence-corrected chi connectivity index (χ4v) is 7.83. The topological polar surface area (TPSA) is 15.7 Å². The van der Waals surface area contributed by atoms with E-state index in [1.807, 2.05) is 0 Å². The number of benzene rings is 9. The van der Waals surface area contributed by atoms with E-state index >= 15 is 0 Å². The van der Waals surface area contributed by atoms with Crippen molar-refractivity contribution in [3.8, 4) is 44.9 Å². The fourth-order valence-electron chi connectivity index (χ4n) is 7.83. The van der Waals surface area contributed by atoms with Crippen molar-refractivity contribution < 1.29 is 4.74 Å². The van der Waals surface area contributed by atoms with Crippen LogP contribution in [0, 0.1) is 0 Å². The van der Waals surface area contributed by atoms with Gasteiger partial charge in [0, 0.05) is 50.8 Å².